The Morgan fingerprint density at radius 2 is 1.70 bits per heavy atom. The molecule has 1 nitrogen and oxygen atoms in total. The topological polar surface area (TPSA) is 20.2 Å². The lowest BCUT2D eigenvalue weighted by Crippen LogP contribution is -2.26. The third-order valence-electron chi connectivity index (χ3n) is 3.60. The number of hydrogen-bond donors (Lipinski definition) is 1. The van der Waals surface area contributed by atoms with Gasteiger partial charge in [-0.2, -0.15) is 0 Å². The smallest absolute Gasteiger partial charge is 0.146 e. The number of aryl methyl sites for hydroxylation is 2. The molecular formula is C16H15BrF2O. The van der Waals surface area contributed by atoms with Crippen molar-refractivity contribution in [3.05, 3.63) is 68.7 Å². The monoisotopic (exact) mass is 340 g/mol. The molecule has 0 saturated carbocycles. The summed E-state index contributed by atoms with van der Waals surface area (Å²) in [6, 6.07) is 7.67. The van der Waals surface area contributed by atoms with Crippen LogP contribution in [-0.4, -0.2) is 5.11 Å². The Kier molecular flexibility index (Phi) is 3.98. The molecule has 1 N–H and O–H groups in total. The Morgan fingerprint density at radius 3 is 2.30 bits per heavy atom. The van der Waals surface area contributed by atoms with Crippen molar-refractivity contribution in [1.29, 1.82) is 0 Å². The first-order valence-electron chi connectivity index (χ1n) is 6.19. The molecule has 0 aromatic heterocycles. The summed E-state index contributed by atoms with van der Waals surface area (Å²) in [4.78, 5) is 0. The van der Waals surface area contributed by atoms with Gasteiger partial charge in [-0.05, 0) is 65.5 Å². The van der Waals surface area contributed by atoms with Crippen LogP contribution in [0.5, 0.6) is 0 Å². The van der Waals surface area contributed by atoms with E-state index in [0.29, 0.717) is 5.56 Å². The largest absolute Gasteiger partial charge is 0.380 e. The number of halogens is 3. The van der Waals surface area contributed by atoms with Crippen molar-refractivity contribution in [3.63, 3.8) is 0 Å². The first kappa shape index (κ1) is 15.1. The normalized spacial score (nSPS) is 14.2. The molecule has 2 aromatic rings. The van der Waals surface area contributed by atoms with E-state index in [1.54, 1.807) is 12.1 Å². The van der Waals surface area contributed by atoms with Gasteiger partial charge in [0.2, 0.25) is 0 Å². The van der Waals surface area contributed by atoms with E-state index in [2.05, 4.69) is 15.9 Å². The molecule has 0 saturated heterocycles. The second-order valence-electron chi connectivity index (χ2n) is 5.09. The van der Waals surface area contributed by atoms with Gasteiger partial charge in [-0.3, -0.25) is 0 Å². The Balaban J connectivity index is 2.66. The highest BCUT2D eigenvalue weighted by atomic mass is 79.9. The van der Waals surface area contributed by atoms with Crippen LogP contribution in [0.15, 0.2) is 34.8 Å². The van der Waals surface area contributed by atoms with Crippen LogP contribution in [0.1, 0.15) is 29.2 Å². The zero-order chi connectivity index (χ0) is 15.1. The fourth-order valence-electron chi connectivity index (χ4n) is 2.16. The minimum atomic E-state index is -1.74. The third kappa shape index (κ3) is 2.50. The Morgan fingerprint density at radius 1 is 1.05 bits per heavy atom. The maximum Gasteiger partial charge on any atom is 0.146 e. The molecule has 106 valence electrons. The summed E-state index contributed by atoms with van der Waals surface area (Å²) in [6.07, 6.45) is 0. The second kappa shape index (κ2) is 5.26. The van der Waals surface area contributed by atoms with E-state index in [1.165, 1.54) is 13.0 Å². The maximum absolute atomic E-state index is 14.2. The van der Waals surface area contributed by atoms with Gasteiger partial charge < -0.3 is 5.11 Å². The highest BCUT2D eigenvalue weighted by Crippen LogP contribution is 2.36. The third-order valence-corrected chi connectivity index (χ3v) is 4.21. The SMILES string of the molecule is Cc1ccc(C(C)(O)c2c(F)ccc(Br)c2F)cc1C. The minimum Gasteiger partial charge on any atom is -0.380 e. The summed E-state index contributed by atoms with van der Waals surface area (Å²) in [6.45, 7) is 5.22. The first-order valence-corrected chi connectivity index (χ1v) is 6.98. The van der Waals surface area contributed by atoms with E-state index in [4.69, 9.17) is 0 Å². The van der Waals surface area contributed by atoms with E-state index in [1.807, 2.05) is 19.9 Å². The van der Waals surface area contributed by atoms with E-state index >= 15 is 0 Å². The predicted octanol–water partition coefficient (Wildman–Crippen LogP) is 4.60. The summed E-state index contributed by atoms with van der Waals surface area (Å²) in [7, 11) is 0. The summed E-state index contributed by atoms with van der Waals surface area (Å²) >= 11 is 3.02. The van der Waals surface area contributed by atoms with Crippen LogP contribution in [-0.2, 0) is 5.60 Å². The molecule has 2 aromatic carbocycles. The van der Waals surface area contributed by atoms with E-state index in [0.717, 1.165) is 17.2 Å². The van der Waals surface area contributed by atoms with Gasteiger partial charge in [-0.1, -0.05) is 18.2 Å². The lowest BCUT2D eigenvalue weighted by molar-refractivity contribution is 0.0931. The van der Waals surface area contributed by atoms with Crippen molar-refractivity contribution < 1.29 is 13.9 Å². The van der Waals surface area contributed by atoms with Crippen LogP contribution in [0.25, 0.3) is 0 Å². The quantitative estimate of drug-likeness (QED) is 0.792. The molecule has 2 rings (SSSR count). The molecule has 0 aliphatic heterocycles. The average Bonchev–Trinajstić information content (AvgIpc) is 2.37. The predicted molar refractivity (Wildman–Crippen MR) is 78.6 cm³/mol. The number of benzene rings is 2. The molecule has 0 aliphatic rings. The first-order chi connectivity index (χ1) is 9.25. The molecule has 0 radical (unpaired) electrons. The fraction of sp³-hybridized carbons (Fsp3) is 0.250. The Bertz CT molecular complexity index is 666. The van der Waals surface area contributed by atoms with E-state index < -0.39 is 17.2 Å². The van der Waals surface area contributed by atoms with Crippen molar-refractivity contribution >= 4 is 15.9 Å². The summed E-state index contributed by atoms with van der Waals surface area (Å²) in [5, 5.41) is 10.7. The lowest BCUT2D eigenvalue weighted by atomic mass is 9.86. The molecule has 20 heavy (non-hydrogen) atoms. The van der Waals surface area contributed by atoms with Gasteiger partial charge in [0.05, 0.1) is 10.0 Å². The zero-order valence-electron chi connectivity index (χ0n) is 11.5. The van der Waals surface area contributed by atoms with Gasteiger partial charge in [0.15, 0.2) is 0 Å². The minimum absolute atomic E-state index is 0.123. The number of aliphatic hydroxyl groups is 1. The molecule has 0 aliphatic carbocycles. The molecule has 0 fully saturated rings. The highest BCUT2D eigenvalue weighted by Gasteiger charge is 2.33. The summed E-state index contributed by atoms with van der Waals surface area (Å²) in [5.41, 5.74) is 0.376. The Hall–Kier alpha value is -1.26. The lowest BCUT2D eigenvalue weighted by Gasteiger charge is -2.26. The summed E-state index contributed by atoms with van der Waals surface area (Å²) < 4.78 is 28.3. The number of rotatable bonds is 2. The van der Waals surface area contributed by atoms with Crippen molar-refractivity contribution in [2.24, 2.45) is 0 Å². The van der Waals surface area contributed by atoms with Gasteiger partial charge in [0, 0.05) is 0 Å². The fourth-order valence-corrected chi connectivity index (χ4v) is 2.49. The van der Waals surface area contributed by atoms with Crippen LogP contribution in [0, 0.1) is 25.5 Å². The molecule has 0 amide bonds. The number of hydrogen-bond acceptors (Lipinski definition) is 1. The van der Waals surface area contributed by atoms with E-state index in [9.17, 15) is 13.9 Å². The zero-order valence-corrected chi connectivity index (χ0v) is 13.1. The summed E-state index contributed by atoms with van der Waals surface area (Å²) in [5.74, 6) is -1.55. The van der Waals surface area contributed by atoms with Gasteiger partial charge >= 0.3 is 0 Å². The van der Waals surface area contributed by atoms with Crippen molar-refractivity contribution in [1.82, 2.24) is 0 Å². The van der Waals surface area contributed by atoms with Crippen LogP contribution < -0.4 is 0 Å². The van der Waals surface area contributed by atoms with Crippen LogP contribution in [0.3, 0.4) is 0 Å². The molecular weight excluding hydrogens is 326 g/mol. The molecule has 0 heterocycles. The Labute approximate surface area is 125 Å². The van der Waals surface area contributed by atoms with Crippen molar-refractivity contribution in [2.75, 3.05) is 0 Å². The second-order valence-corrected chi connectivity index (χ2v) is 5.94. The molecule has 0 bridgehead atoms. The van der Waals surface area contributed by atoms with Crippen molar-refractivity contribution in [2.45, 2.75) is 26.4 Å². The van der Waals surface area contributed by atoms with Crippen LogP contribution >= 0.6 is 15.9 Å². The van der Waals surface area contributed by atoms with Gasteiger partial charge in [-0.25, -0.2) is 8.78 Å². The highest BCUT2D eigenvalue weighted by molar-refractivity contribution is 9.10. The van der Waals surface area contributed by atoms with Gasteiger partial charge in [-0.15, -0.1) is 0 Å². The van der Waals surface area contributed by atoms with Gasteiger partial charge in [0.25, 0.3) is 0 Å². The molecule has 0 spiro atoms. The average molecular weight is 341 g/mol. The van der Waals surface area contributed by atoms with Crippen molar-refractivity contribution in [3.8, 4) is 0 Å². The molecule has 1 atom stereocenters. The maximum atomic E-state index is 14.2. The molecule has 1 unspecified atom stereocenters. The molecule has 4 heteroatoms. The van der Waals surface area contributed by atoms with E-state index in [-0.39, 0.29) is 10.0 Å². The van der Waals surface area contributed by atoms with Crippen LogP contribution in [0.2, 0.25) is 0 Å². The van der Waals surface area contributed by atoms with Crippen LogP contribution in [0.4, 0.5) is 8.78 Å². The van der Waals surface area contributed by atoms with Gasteiger partial charge in [0.1, 0.15) is 17.2 Å². The standard InChI is InChI=1S/C16H15BrF2O/c1-9-4-5-11(8-10(9)2)16(3,20)14-13(18)7-6-12(17)15(14)19/h4-8,20H,1-3H3.